The predicted octanol–water partition coefficient (Wildman–Crippen LogP) is 2.17. The van der Waals surface area contributed by atoms with Crippen molar-refractivity contribution in [2.24, 2.45) is 7.05 Å². The van der Waals surface area contributed by atoms with Crippen LogP contribution in [0, 0.1) is 18.3 Å². The van der Waals surface area contributed by atoms with Gasteiger partial charge in [-0.1, -0.05) is 0 Å². The first-order chi connectivity index (χ1) is 9.52. The predicted molar refractivity (Wildman–Crippen MR) is 81.4 cm³/mol. The summed E-state index contributed by atoms with van der Waals surface area (Å²) in [6.07, 6.45) is 2.43. The minimum atomic E-state index is 0.607. The quantitative estimate of drug-likeness (QED) is 0.915. The Balaban J connectivity index is 1.87. The van der Waals surface area contributed by atoms with Gasteiger partial charge < -0.3 is 14.8 Å². The van der Waals surface area contributed by atoms with Crippen LogP contribution in [-0.4, -0.2) is 34.6 Å². The third-order valence-electron chi connectivity index (χ3n) is 4.60. The number of hydrogen-bond donors (Lipinski definition) is 1. The first-order valence-electron chi connectivity index (χ1n) is 7.55. The van der Waals surface area contributed by atoms with Gasteiger partial charge in [0.25, 0.3) is 0 Å². The van der Waals surface area contributed by atoms with Crippen molar-refractivity contribution in [2.45, 2.75) is 52.2 Å². The lowest BCUT2D eigenvalue weighted by molar-refractivity contribution is 0.161. The summed E-state index contributed by atoms with van der Waals surface area (Å²) >= 11 is 0. The zero-order valence-corrected chi connectivity index (χ0v) is 13.1. The van der Waals surface area contributed by atoms with Crippen LogP contribution in [0.3, 0.4) is 0 Å². The van der Waals surface area contributed by atoms with Gasteiger partial charge in [0.15, 0.2) is 0 Å². The number of aromatic nitrogens is 1. The van der Waals surface area contributed by atoms with Crippen LogP contribution in [0.2, 0.25) is 0 Å². The Labute approximate surface area is 122 Å². The van der Waals surface area contributed by atoms with Crippen molar-refractivity contribution >= 4 is 0 Å². The normalized spacial score (nSPS) is 17.6. The van der Waals surface area contributed by atoms with Crippen LogP contribution in [0.4, 0.5) is 0 Å². The van der Waals surface area contributed by atoms with Gasteiger partial charge in [0.2, 0.25) is 0 Å². The molecule has 0 atom stereocenters. The molecule has 1 aliphatic rings. The number of nitrogens with zero attached hydrogens (tertiary/aromatic N) is 3. The molecule has 0 bridgehead atoms. The van der Waals surface area contributed by atoms with E-state index < -0.39 is 0 Å². The van der Waals surface area contributed by atoms with Crippen LogP contribution in [0.5, 0.6) is 0 Å². The van der Waals surface area contributed by atoms with Gasteiger partial charge in [0.05, 0.1) is 0 Å². The number of hydrogen-bond acceptors (Lipinski definition) is 3. The second-order valence-electron chi connectivity index (χ2n) is 6.10. The number of nitrogens with one attached hydrogen (secondary N) is 1. The van der Waals surface area contributed by atoms with E-state index in [-0.39, 0.29) is 0 Å². The molecule has 0 aliphatic carbocycles. The molecule has 1 aromatic heterocycles. The fourth-order valence-electron chi connectivity index (χ4n) is 2.92. The van der Waals surface area contributed by atoms with Crippen molar-refractivity contribution in [3.05, 3.63) is 23.0 Å². The lowest BCUT2D eigenvalue weighted by Gasteiger charge is -2.35. The fraction of sp³-hybridized carbons (Fsp3) is 0.688. The maximum atomic E-state index is 9.06. The molecule has 0 unspecified atom stereocenters. The Kier molecular flexibility index (Phi) is 4.85. The number of rotatable bonds is 4. The maximum Gasteiger partial charge on any atom is 0.120 e. The molecule has 4 nitrogen and oxygen atoms in total. The van der Waals surface area contributed by atoms with E-state index >= 15 is 0 Å². The Morgan fingerprint density at radius 2 is 2.05 bits per heavy atom. The SMILES string of the molecule is Cc1c(CNC2CCN(C(C)C)CC2)cc(C#N)n1C. The van der Waals surface area contributed by atoms with Gasteiger partial charge in [0.1, 0.15) is 11.8 Å². The third-order valence-corrected chi connectivity index (χ3v) is 4.60. The van der Waals surface area contributed by atoms with E-state index in [9.17, 15) is 0 Å². The first kappa shape index (κ1) is 15.1. The standard InChI is InChI=1S/C16H26N4/c1-12(2)20-7-5-15(6-8-20)18-11-14-9-16(10-17)19(4)13(14)3/h9,12,15,18H,5-8,11H2,1-4H3. The zero-order chi connectivity index (χ0) is 14.7. The van der Waals surface area contributed by atoms with Crippen molar-refractivity contribution in [3.8, 4) is 6.07 Å². The van der Waals surface area contributed by atoms with Crippen LogP contribution >= 0.6 is 0 Å². The van der Waals surface area contributed by atoms with Crippen LogP contribution in [0.1, 0.15) is 43.6 Å². The van der Waals surface area contributed by atoms with Crippen LogP contribution in [-0.2, 0) is 13.6 Å². The van der Waals surface area contributed by atoms with E-state index in [1.54, 1.807) is 0 Å². The van der Waals surface area contributed by atoms with Crippen LogP contribution < -0.4 is 5.32 Å². The summed E-state index contributed by atoms with van der Waals surface area (Å²) < 4.78 is 1.97. The molecule has 2 rings (SSSR count). The molecule has 1 saturated heterocycles. The summed E-state index contributed by atoms with van der Waals surface area (Å²) in [6, 6.07) is 5.51. The molecule has 1 N–H and O–H groups in total. The highest BCUT2D eigenvalue weighted by Gasteiger charge is 2.20. The molecule has 110 valence electrons. The summed E-state index contributed by atoms with van der Waals surface area (Å²) in [7, 11) is 1.96. The van der Waals surface area contributed by atoms with E-state index in [1.807, 2.05) is 17.7 Å². The minimum Gasteiger partial charge on any atom is -0.340 e. The fourth-order valence-corrected chi connectivity index (χ4v) is 2.92. The molecule has 1 aromatic rings. The summed E-state index contributed by atoms with van der Waals surface area (Å²) in [5.74, 6) is 0. The molecule has 4 heteroatoms. The summed E-state index contributed by atoms with van der Waals surface area (Å²) in [4.78, 5) is 2.54. The van der Waals surface area contributed by atoms with Crippen molar-refractivity contribution in [3.63, 3.8) is 0 Å². The highest BCUT2D eigenvalue weighted by molar-refractivity contribution is 5.34. The van der Waals surface area contributed by atoms with Gasteiger partial charge in [-0.3, -0.25) is 0 Å². The minimum absolute atomic E-state index is 0.607. The molecule has 1 aliphatic heterocycles. The van der Waals surface area contributed by atoms with Gasteiger partial charge in [-0.25, -0.2) is 0 Å². The maximum absolute atomic E-state index is 9.06. The lowest BCUT2D eigenvalue weighted by Crippen LogP contribution is -2.44. The van der Waals surface area contributed by atoms with E-state index in [0.717, 1.165) is 12.2 Å². The van der Waals surface area contributed by atoms with Gasteiger partial charge in [-0.2, -0.15) is 5.26 Å². The summed E-state index contributed by atoms with van der Waals surface area (Å²) in [6.45, 7) is 9.86. The number of nitriles is 1. The molecule has 0 aromatic carbocycles. The average molecular weight is 274 g/mol. The first-order valence-corrected chi connectivity index (χ1v) is 7.55. The van der Waals surface area contributed by atoms with Crippen LogP contribution in [0.25, 0.3) is 0 Å². The van der Waals surface area contributed by atoms with E-state index in [0.29, 0.717) is 12.1 Å². The second kappa shape index (κ2) is 6.43. The lowest BCUT2D eigenvalue weighted by atomic mass is 10.0. The van der Waals surface area contributed by atoms with Crippen molar-refractivity contribution in [2.75, 3.05) is 13.1 Å². The van der Waals surface area contributed by atoms with Gasteiger partial charge in [-0.05, 0) is 58.3 Å². The van der Waals surface area contributed by atoms with Crippen LogP contribution in [0.15, 0.2) is 6.07 Å². The van der Waals surface area contributed by atoms with Crippen molar-refractivity contribution < 1.29 is 0 Å². The van der Waals surface area contributed by atoms with Crippen molar-refractivity contribution in [1.82, 2.24) is 14.8 Å². The van der Waals surface area contributed by atoms with E-state index in [2.05, 4.69) is 37.1 Å². The smallest absolute Gasteiger partial charge is 0.120 e. The van der Waals surface area contributed by atoms with Crippen molar-refractivity contribution in [1.29, 1.82) is 5.26 Å². The molecule has 2 heterocycles. The molecular weight excluding hydrogens is 248 g/mol. The molecule has 1 fully saturated rings. The Bertz CT molecular complexity index is 487. The molecular formula is C16H26N4. The van der Waals surface area contributed by atoms with Gasteiger partial charge in [0, 0.05) is 31.4 Å². The summed E-state index contributed by atoms with van der Waals surface area (Å²) in [5.41, 5.74) is 3.18. The number of piperidine rings is 1. The summed E-state index contributed by atoms with van der Waals surface area (Å²) in [5, 5.41) is 12.7. The topological polar surface area (TPSA) is 44.0 Å². The van der Waals surface area contributed by atoms with Gasteiger partial charge in [-0.15, -0.1) is 0 Å². The highest BCUT2D eigenvalue weighted by atomic mass is 15.2. The second-order valence-corrected chi connectivity index (χ2v) is 6.10. The molecule has 0 spiro atoms. The molecule has 0 radical (unpaired) electrons. The Morgan fingerprint density at radius 1 is 1.40 bits per heavy atom. The monoisotopic (exact) mass is 274 g/mol. The average Bonchev–Trinajstić information content (AvgIpc) is 2.73. The molecule has 0 amide bonds. The largest absolute Gasteiger partial charge is 0.340 e. The Hall–Kier alpha value is -1.31. The van der Waals surface area contributed by atoms with Gasteiger partial charge >= 0.3 is 0 Å². The Morgan fingerprint density at radius 3 is 2.55 bits per heavy atom. The number of likely N-dealkylation sites (tertiary alicyclic amines) is 1. The highest BCUT2D eigenvalue weighted by Crippen LogP contribution is 2.16. The third kappa shape index (κ3) is 3.23. The molecule has 20 heavy (non-hydrogen) atoms. The van der Waals surface area contributed by atoms with E-state index in [1.165, 1.54) is 37.2 Å². The zero-order valence-electron chi connectivity index (χ0n) is 13.1. The molecule has 0 saturated carbocycles. The van der Waals surface area contributed by atoms with E-state index in [4.69, 9.17) is 5.26 Å².